The first-order valence-corrected chi connectivity index (χ1v) is 43.3. The smallest absolute Gasteiger partial charge is 0.373 e. The van der Waals surface area contributed by atoms with E-state index in [-0.39, 0.29) is 59.0 Å². The molecule has 111 heavy (non-hydrogen) atoms. The zero-order chi connectivity index (χ0) is 79.1. The van der Waals surface area contributed by atoms with Crippen molar-refractivity contribution in [2.75, 3.05) is 95.8 Å². The van der Waals surface area contributed by atoms with Crippen molar-refractivity contribution in [3.63, 3.8) is 0 Å². The quantitative estimate of drug-likeness (QED) is 0.00871. The van der Waals surface area contributed by atoms with Gasteiger partial charge in [-0.15, -0.1) is 0 Å². The van der Waals surface area contributed by atoms with Crippen molar-refractivity contribution in [2.45, 2.75) is 227 Å². The molecule has 13 rings (SSSR count). The van der Waals surface area contributed by atoms with Crippen LogP contribution in [0.4, 0.5) is 17.3 Å². The van der Waals surface area contributed by atoms with Crippen LogP contribution in [-0.4, -0.2) is 192 Å². The maximum absolute atomic E-state index is 15.5. The molecule has 3 aromatic heterocycles. The number of aromatic amines is 2. The van der Waals surface area contributed by atoms with Crippen molar-refractivity contribution < 1.29 is 62.8 Å². The number of amides is 1. The van der Waals surface area contributed by atoms with E-state index in [2.05, 4.69) is 134 Å². The number of methoxy groups -OCH3 is 1. The third kappa shape index (κ3) is 17.8. The van der Waals surface area contributed by atoms with Crippen LogP contribution in [0, 0.1) is 24.2 Å². The average Bonchev–Trinajstić information content (AvgIpc) is 1.47. The lowest BCUT2D eigenvalue weighted by Gasteiger charge is -2.65. The number of carbonyl (C=O) groups is 4. The number of nitrogens with two attached hydrogens (primary N) is 1. The van der Waals surface area contributed by atoms with Crippen LogP contribution in [0.2, 0.25) is 24.2 Å². The number of nitrogens with zero attached hydrogens (tertiary/aromatic N) is 6. The lowest BCUT2D eigenvalue weighted by Crippen LogP contribution is -2.79. The molecule has 1 saturated carbocycles. The highest BCUT2D eigenvalue weighted by atomic mass is 28.3. The number of benzene rings is 3. The minimum absolute atomic E-state index is 0.0223. The van der Waals surface area contributed by atoms with Crippen LogP contribution in [-0.2, 0) is 71.6 Å². The van der Waals surface area contributed by atoms with Gasteiger partial charge in [-0.05, 0) is 174 Å². The first-order chi connectivity index (χ1) is 53.5. The molecule has 2 unspecified atom stereocenters. The number of hydrogen-bond donors (Lipinski definition) is 7. The molecule has 25 nitrogen and oxygen atoms in total. The van der Waals surface area contributed by atoms with E-state index in [1.165, 1.54) is 78.0 Å². The van der Waals surface area contributed by atoms with Gasteiger partial charge in [-0.3, -0.25) is 34.0 Å². The van der Waals surface area contributed by atoms with Crippen LogP contribution >= 0.6 is 0 Å². The summed E-state index contributed by atoms with van der Waals surface area (Å²) in [6, 6.07) is 24.6. The number of esters is 1. The van der Waals surface area contributed by atoms with E-state index in [1.807, 2.05) is 0 Å². The summed E-state index contributed by atoms with van der Waals surface area (Å²) in [6.07, 6.45) is 23.8. The Bertz CT molecular complexity index is 4410. The number of unbranched alkanes of at least 4 members (excludes halogenated alkanes) is 3. The molecular weight excluding hydrogens is 1430 g/mol. The van der Waals surface area contributed by atoms with E-state index in [0.717, 1.165) is 126 Å². The molecule has 26 heteroatoms. The predicted octanol–water partition coefficient (Wildman–Crippen LogP) is 10.8. The van der Waals surface area contributed by atoms with Gasteiger partial charge in [0, 0.05) is 154 Å². The fourth-order valence-corrected chi connectivity index (χ4v) is 27.1. The van der Waals surface area contributed by atoms with E-state index in [1.54, 1.807) is 24.3 Å². The number of rotatable bonds is 33. The highest BCUT2D eigenvalue weighted by Crippen LogP contribution is 2.70. The molecule has 6 aliphatic heterocycles. The number of aromatic nitrogens is 5. The van der Waals surface area contributed by atoms with Crippen molar-refractivity contribution in [3.8, 4) is 0 Å². The second-order valence-corrected chi connectivity index (χ2v) is 37.7. The van der Waals surface area contributed by atoms with Crippen molar-refractivity contribution >= 4 is 83.2 Å². The summed E-state index contributed by atoms with van der Waals surface area (Å²) in [7, 11) is 1.49. The molecule has 3 saturated heterocycles. The predicted molar refractivity (Wildman–Crippen MR) is 425 cm³/mol. The second kappa shape index (κ2) is 37.0. The SMILES string of the molecule is CC[C@]1(O)CC2CN(CCc3c([nH]c4ccccc34)[C@@](C)(c3cc4c(cc3C)N(C)[C@H]3[C@@](O)(C(=O)OC)[C@H](C[Si]5(CCCCC(=O)CCCOCCCCCOCCCC(=O)CCCNC(=O)c6ccc(NCc7cnc8nc(N)[nH]c(=O)c8n7)cc6)CCCCC5)[C@]5(CC)C=CCN6CC[C@]43[C@@H]65)C2)C1.O=C=O.O=C=O. The Morgan fingerprint density at radius 1 is 0.793 bits per heavy atom. The van der Waals surface area contributed by atoms with Crippen LogP contribution in [0.3, 0.4) is 0 Å². The van der Waals surface area contributed by atoms with Gasteiger partial charge >= 0.3 is 18.3 Å². The van der Waals surface area contributed by atoms with Crippen molar-refractivity contribution in [2.24, 2.45) is 17.3 Å². The van der Waals surface area contributed by atoms with E-state index in [0.29, 0.717) is 108 Å². The maximum atomic E-state index is 15.5. The van der Waals surface area contributed by atoms with Crippen LogP contribution in [0.5, 0.6) is 0 Å². The number of Topliss-reactive ketones (excluding diaryl/α,β-unsaturated/α-hetero) is 2. The molecule has 10 atom stereocenters. The summed E-state index contributed by atoms with van der Waals surface area (Å²) in [6.45, 7) is 16.6. The molecule has 1 amide bonds. The van der Waals surface area contributed by atoms with E-state index >= 15 is 4.79 Å². The average molecular weight is 1540 g/mol. The van der Waals surface area contributed by atoms with Gasteiger partial charge in [0.15, 0.2) is 16.8 Å². The number of fused-ring (bicyclic) bond motifs is 7. The molecule has 6 aromatic rings. The number of piperidine rings is 1. The van der Waals surface area contributed by atoms with Gasteiger partial charge in [-0.25, -0.2) is 14.8 Å². The summed E-state index contributed by atoms with van der Waals surface area (Å²) in [5.41, 5.74) is 11.8. The van der Waals surface area contributed by atoms with Crippen molar-refractivity contribution in [3.05, 3.63) is 129 Å². The highest BCUT2D eigenvalue weighted by molar-refractivity contribution is 6.80. The second-order valence-electron chi connectivity index (χ2n) is 32.8. The zero-order valence-electron chi connectivity index (χ0n) is 65.8. The number of aliphatic hydroxyl groups is 2. The molecule has 7 aliphatic rings. The Kier molecular flexibility index (Phi) is 27.9. The number of anilines is 3. The number of ether oxygens (including phenoxy) is 3. The summed E-state index contributed by atoms with van der Waals surface area (Å²) < 4.78 is 17.8. The van der Waals surface area contributed by atoms with E-state index < -0.39 is 53.1 Å². The number of hydrogen-bond acceptors (Lipinski definition) is 22. The maximum Gasteiger partial charge on any atom is 0.373 e. The number of nitrogens with one attached hydrogen (secondary N) is 4. The number of ketones is 2. The number of nitrogen functional groups attached to an aromatic ring is 1. The lowest BCUT2D eigenvalue weighted by atomic mass is 9.45. The molecule has 3 aromatic carbocycles. The summed E-state index contributed by atoms with van der Waals surface area (Å²) >= 11 is 0. The Morgan fingerprint density at radius 3 is 2.17 bits per heavy atom. The minimum atomic E-state index is -2.16. The topological polar surface area (TPSA) is 352 Å². The molecule has 0 radical (unpaired) electrons. The van der Waals surface area contributed by atoms with Crippen LogP contribution < -0.4 is 26.8 Å². The van der Waals surface area contributed by atoms with E-state index in [4.69, 9.17) is 39.1 Å². The van der Waals surface area contributed by atoms with Gasteiger partial charge < -0.3 is 50.7 Å². The largest absolute Gasteiger partial charge is 0.467 e. The molecule has 2 bridgehead atoms. The summed E-state index contributed by atoms with van der Waals surface area (Å²) in [4.78, 5) is 126. The summed E-state index contributed by atoms with van der Waals surface area (Å²) in [5.74, 6) is -0.383. The third-order valence-corrected chi connectivity index (χ3v) is 31.5. The molecule has 1 aliphatic carbocycles. The number of likely N-dealkylation sites (N-methyl/N-ethyl adjacent to an activating group) is 1. The minimum Gasteiger partial charge on any atom is -0.467 e. The summed E-state index contributed by atoms with van der Waals surface area (Å²) in [5, 5.41) is 34.1. The van der Waals surface area contributed by atoms with Crippen molar-refractivity contribution in [1.29, 1.82) is 0 Å². The van der Waals surface area contributed by atoms with Crippen molar-refractivity contribution in [1.82, 2.24) is 40.0 Å². The molecule has 598 valence electrons. The third-order valence-electron chi connectivity index (χ3n) is 26.0. The number of H-pyrrole nitrogens is 2. The molecule has 9 heterocycles. The standard InChI is InChI=1S/C83H115N11O10Si.2CO2/c1-7-80(100)50-57-49-79(4,71-64(33-38-93(53-57)55-80)63-27-11-12-28-67(63)89-71)65-48-66-68(47-56(65)3)92(5)76-82(66)35-39-94-37-22-34-81(8-2,75(82)94)69(83(76,101)77(99)102-6)54-105(44-16-10-17-45-105)46-18-13-23-61(95)25-20-42-103-40-14-9-15-41-104-43-21-26-62(96)24-19-36-85-73(97)58-29-31-59(32-30-58)86-51-60-52-87-72-70(88-60)74(98)91-78(84)90-72;2*2-1-3/h11-12,22,27-32,34,47-48,52,57,69,75-76,86,89,100-101H,7-10,13-21,23-26,33,35-46,49-51,53-55H2,1-6H3,(H,85,97)(H3,84,87,90,91,98);;/t57?,69-,75+,76-,79-,80+,81+,82-,83-;;/m1../s1. The number of carbonyl (C=O) groups excluding carboxylic acids is 8. The molecular formula is C85H115N11O14Si. The Hall–Kier alpha value is -8.42. The molecule has 4 fully saturated rings. The zero-order valence-corrected chi connectivity index (χ0v) is 66.8. The van der Waals surface area contributed by atoms with Gasteiger partial charge in [0.2, 0.25) is 5.95 Å². The fraction of sp³-hybridized carbons (Fsp3) is 0.600. The van der Waals surface area contributed by atoms with Gasteiger partial charge in [0.05, 0.1) is 45.3 Å². The monoisotopic (exact) mass is 1540 g/mol. The molecule has 8 N–H and O–H groups in total. The molecule has 1 spiro atoms. The van der Waals surface area contributed by atoms with Gasteiger partial charge in [-0.1, -0.05) is 94.1 Å². The van der Waals surface area contributed by atoms with Gasteiger partial charge in [0.25, 0.3) is 11.5 Å². The lowest BCUT2D eigenvalue weighted by molar-refractivity contribution is -0.197. The van der Waals surface area contributed by atoms with Crippen LogP contribution in [0.1, 0.15) is 193 Å². The van der Waals surface area contributed by atoms with Crippen LogP contribution in [0.25, 0.3) is 22.1 Å². The highest BCUT2D eigenvalue weighted by Gasteiger charge is 2.79. The normalized spacial score (nSPS) is 26.0. The van der Waals surface area contributed by atoms with E-state index in [9.17, 15) is 29.4 Å². The first-order valence-electron chi connectivity index (χ1n) is 40.5. The Morgan fingerprint density at radius 2 is 1.48 bits per heavy atom. The van der Waals surface area contributed by atoms with Crippen LogP contribution in [0.15, 0.2) is 83.8 Å². The Balaban J connectivity index is 0.00000197. The fourth-order valence-electron chi connectivity index (χ4n) is 21.2. The Labute approximate surface area is 651 Å². The number of para-hydroxylation sites is 1. The number of aryl methyl sites for hydroxylation is 1. The van der Waals surface area contributed by atoms with Gasteiger partial charge in [0.1, 0.15) is 11.6 Å². The van der Waals surface area contributed by atoms with Gasteiger partial charge in [-0.2, -0.15) is 24.2 Å². The first kappa shape index (κ1) is 83.5.